The van der Waals surface area contributed by atoms with Gasteiger partial charge in [0.1, 0.15) is 6.29 Å². The molecule has 0 bridgehead atoms. The number of carbonyl (C=O) groups is 1. The molecule has 1 fully saturated rings. The molecular weight excluding hydrogens is 160 g/mol. The van der Waals surface area contributed by atoms with Gasteiger partial charge in [0, 0.05) is 0 Å². The van der Waals surface area contributed by atoms with Gasteiger partial charge in [-0.25, -0.2) is 0 Å². The first kappa shape index (κ1) is 10.5. The smallest absolute Gasteiger partial charge is 0.142 e. The predicted octanol–water partition coefficient (Wildman–Crippen LogP) is 3.35. The third kappa shape index (κ3) is 2.98. The fourth-order valence-electron chi connectivity index (χ4n) is 2.33. The molecule has 13 heavy (non-hydrogen) atoms. The lowest BCUT2D eigenvalue weighted by Gasteiger charge is -2.35. The third-order valence-electron chi connectivity index (χ3n) is 3.18. The van der Waals surface area contributed by atoms with Crippen LogP contribution in [0.3, 0.4) is 0 Å². The van der Waals surface area contributed by atoms with Crippen LogP contribution in [0.15, 0.2) is 11.6 Å². The van der Waals surface area contributed by atoms with Crippen LogP contribution < -0.4 is 0 Å². The molecule has 1 aliphatic rings. The Kier molecular flexibility index (Phi) is 3.29. The van der Waals surface area contributed by atoms with Gasteiger partial charge in [-0.3, -0.25) is 4.79 Å². The van der Waals surface area contributed by atoms with E-state index in [4.69, 9.17) is 0 Å². The molecule has 1 saturated carbocycles. The number of rotatable bonds is 2. The van der Waals surface area contributed by atoms with Crippen LogP contribution in [0.5, 0.6) is 0 Å². The molecule has 1 rings (SSSR count). The fourth-order valence-corrected chi connectivity index (χ4v) is 2.33. The molecule has 0 aromatic carbocycles. The summed E-state index contributed by atoms with van der Waals surface area (Å²) in [5.74, 6) is 0.647. The van der Waals surface area contributed by atoms with Gasteiger partial charge in [-0.1, -0.05) is 25.8 Å². The summed E-state index contributed by atoms with van der Waals surface area (Å²) in [6, 6.07) is 0. The van der Waals surface area contributed by atoms with Crippen molar-refractivity contribution in [1.82, 2.24) is 0 Å². The number of carbonyl (C=O) groups excluding carboxylic acids is 1. The molecule has 1 nitrogen and oxygen atoms in total. The van der Waals surface area contributed by atoms with Crippen molar-refractivity contribution in [3.05, 3.63) is 11.6 Å². The summed E-state index contributed by atoms with van der Waals surface area (Å²) in [5.41, 5.74) is 1.74. The minimum atomic E-state index is 0.473. The van der Waals surface area contributed by atoms with E-state index in [1.165, 1.54) is 31.3 Å². The standard InChI is InChI=1S/C12H20O/c1-10(6-8-13)11-5-4-7-12(2,3)9-11/h6,8,11H,4-5,7,9H2,1-3H3/b10-6+. The SMILES string of the molecule is C/C(=C\C=O)C1CCCC(C)(C)C1. The summed E-state index contributed by atoms with van der Waals surface area (Å²) in [4.78, 5) is 10.3. The van der Waals surface area contributed by atoms with Crippen molar-refractivity contribution in [1.29, 1.82) is 0 Å². The van der Waals surface area contributed by atoms with E-state index in [1.54, 1.807) is 6.08 Å². The van der Waals surface area contributed by atoms with Gasteiger partial charge in [0.25, 0.3) is 0 Å². The molecule has 0 N–H and O–H groups in total. The molecule has 0 amide bonds. The Hall–Kier alpha value is -0.590. The van der Waals surface area contributed by atoms with E-state index in [0.717, 1.165) is 6.29 Å². The summed E-state index contributed by atoms with van der Waals surface area (Å²) in [6.07, 6.45) is 7.78. The van der Waals surface area contributed by atoms with Gasteiger partial charge >= 0.3 is 0 Å². The summed E-state index contributed by atoms with van der Waals surface area (Å²) >= 11 is 0. The van der Waals surface area contributed by atoms with E-state index in [-0.39, 0.29) is 0 Å². The molecule has 0 saturated heterocycles. The van der Waals surface area contributed by atoms with Crippen molar-refractivity contribution >= 4 is 6.29 Å². The Bertz CT molecular complexity index is 213. The number of allylic oxidation sites excluding steroid dienone is 2. The average Bonchev–Trinajstić information content (AvgIpc) is 2.03. The van der Waals surface area contributed by atoms with Crippen LogP contribution in [0.2, 0.25) is 0 Å². The second kappa shape index (κ2) is 4.08. The molecule has 1 aliphatic carbocycles. The van der Waals surface area contributed by atoms with E-state index in [2.05, 4.69) is 20.8 Å². The van der Waals surface area contributed by atoms with Crippen molar-refractivity contribution < 1.29 is 4.79 Å². The highest BCUT2D eigenvalue weighted by Crippen LogP contribution is 2.41. The molecule has 74 valence electrons. The van der Waals surface area contributed by atoms with Gasteiger partial charge < -0.3 is 0 Å². The molecule has 0 aromatic rings. The van der Waals surface area contributed by atoms with Crippen LogP contribution in [-0.2, 0) is 4.79 Å². The zero-order valence-electron chi connectivity index (χ0n) is 8.97. The van der Waals surface area contributed by atoms with E-state index < -0.39 is 0 Å². The molecule has 1 atom stereocenters. The zero-order chi connectivity index (χ0) is 9.90. The Morgan fingerprint density at radius 1 is 1.46 bits per heavy atom. The zero-order valence-corrected chi connectivity index (χ0v) is 8.97. The first-order chi connectivity index (χ1) is 6.05. The molecule has 0 aliphatic heterocycles. The van der Waals surface area contributed by atoms with Gasteiger partial charge in [0.15, 0.2) is 0 Å². The van der Waals surface area contributed by atoms with Gasteiger partial charge in [0.2, 0.25) is 0 Å². The predicted molar refractivity (Wildman–Crippen MR) is 55.6 cm³/mol. The summed E-state index contributed by atoms with van der Waals surface area (Å²) in [7, 11) is 0. The second-order valence-corrected chi connectivity index (χ2v) is 5.00. The van der Waals surface area contributed by atoms with E-state index in [0.29, 0.717) is 11.3 Å². The Morgan fingerprint density at radius 3 is 2.69 bits per heavy atom. The Morgan fingerprint density at radius 2 is 2.15 bits per heavy atom. The maximum absolute atomic E-state index is 10.3. The highest BCUT2D eigenvalue weighted by atomic mass is 16.1. The first-order valence-electron chi connectivity index (χ1n) is 5.17. The maximum atomic E-state index is 10.3. The topological polar surface area (TPSA) is 17.1 Å². The van der Waals surface area contributed by atoms with Gasteiger partial charge in [0.05, 0.1) is 0 Å². The Labute approximate surface area is 81.2 Å². The molecule has 0 heterocycles. The quantitative estimate of drug-likeness (QED) is 0.470. The normalized spacial score (nSPS) is 28.5. The molecule has 0 aromatic heterocycles. The third-order valence-corrected chi connectivity index (χ3v) is 3.18. The van der Waals surface area contributed by atoms with Crippen LogP contribution in [0.4, 0.5) is 0 Å². The van der Waals surface area contributed by atoms with E-state index in [1.807, 2.05) is 0 Å². The highest BCUT2D eigenvalue weighted by molar-refractivity contribution is 5.66. The lowest BCUT2D eigenvalue weighted by atomic mass is 9.70. The second-order valence-electron chi connectivity index (χ2n) is 5.00. The number of hydrogen-bond donors (Lipinski definition) is 0. The van der Waals surface area contributed by atoms with E-state index in [9.17, 15) is 4.79 Å². The summed E-state index contributed by atoms with van der Waals surface area (Å²) < 4.78 is 0. The lowest BCUT2D eigenvalue weighted by Crippen LogP contribution is -2.23. The molecule has 0 spiro atoms. The average molecular weight is 180 g/mol. The van der Waals surface area contributed by atoms with Gasteiger partial charge in [-0.15, -0.1) is 0 Å². The number of aldehydes is 1. The minimum Gasteiger partial charge on any atom is -0.299 e. The monoisotopic (exact) mass is 180 g/mol. The highest BCUT2D eigenvalue weighted by Gasteiger charge is 2.28. The molecule has 0 radical (unpaired) electrons. The largest absolute Gasteiger partial charge is 0.299 e. The van der Waals surface area contributed by atoms with Gasteiger partial charge in [-0.05, 0) is 43.6 Å². The fraction of sp³-hybridized carbons (Fsp3) is 0.750. The summed E-state index contributed by atoms with van der Waals surface area (Å²) in [5, 5.41) is 0. The lowest BCUT2D eigenvalue weighted by molar-refractivity contribution is -0.104. The van der Waals surface area contributed by atoms with Crippen molar-refractivity contribution in [2.75, 3.05) is 0 Å². The van der Waals surface area contributed by atoms with Crippen molar-refractivity contribution in [3.63, 3.8) is 0 Å². The summed E-state index contributed by atoms with van der Waals surface area (Å²) in [6.45, 7) is 6.74. The Balaban J connectivity index is 2.61. The van der Waals surface area contributed by atoms with Crippen LogP contribution in [-0.4, -0.2) is 6.29 Å². The van der Waals surface area contributed by atoms with Crippen molar-refractivity contribution in [2.45, 2.75) is 46.5 Å². The first-order valence-corrected chi connectivity index (χ1v) is 5.17. The van der Waals surface area contributed by atoms with Crippen LogP contribution in [0.25, 0.3) is 0 Å². The van der Waals surface area contributed by atoms with Crippen LogP contribution in [0.1, 0.15) is 46.5 Å². The van der Waals surface area contributed by atoms with Gasteiger partial charge in [-0.2, -0.15) is 0 Å². The molecular formula is C12H20O. The number of hydrogen-bond acceptors (Lipinski definition) is 1. The van der Waals surface area contributed by atoms with Crippen molar-refractivity contribution in [2.24, 2.45) is 11.3 Å². The van der Waals surface area contributed by atoms with Crippen LogP contribution in [0, 0.1) is 11.3 Å². The van der Waals surface area contributed by atoms with E-state index >= 15 is 0 Å². The molecule has 1 heteroatoms. The molecule has 1 unspecified atom stereocenters. The maximum Gasteiger partial charge on any atom is 0.142 e. The van der Waals surface area contributed by atoms with Crippen LogP contribution >= 0.6 is 0 Å². The van der Waals surface area contributed by atoms with Crippen molar-refractivity contribution in [3.8, 4) is 0 Å². The minimum absolute atomic E-state index is 0.473.